The van der Waals surface area contributed by atoms with Gasteiger partial charge in [-0.25, -0.2) is 9.48 Å². The van der Waals surface area contributed by atoms with E-state index in [0.717, 1.165) is 12.1 Å². The lowest BCUT2D eigenvalue weighted by molar-refractivity contribution is 0.0525. The zero-order valence-corrected chi connectivity index (χ0v) is 15.7. The molecule has 140 valence electrons. The Kier molecular flexibility index (Phi) is 6.91. The first-order valence-electron chi connectivity index (χ1n) is 8.56. The molecule has 26 heavy (non-hydrogen) atoms. The predicted molar refractivity (Wildman–Crippen MR) is 97.7 cm³/mol. The molecule has 0 aliphatic rings. The minimum absolute atomic E-state index is 0.0444. The Morgan fingerprint density at radius 1 is 1.23 bits per heavy atom. The smallest absolute Gasteiger partial charge is 0.341 e. The fourth-order valence-corrected chi connectivity index (χ4v) is 2.59. The standard InChI is InChI=1S/C19H25N3O4/c1-5-26-19(24)17-13-20-22(14(17)2)16-9-7-15(8-10-16)18(23)21(3)11-6-12-25-4/h7-10,13H,5-6,11-12H2,1-4H3. The Morgan fingerprint density at radius 2 is 1.92 bits per heavy atom. The number of nitrogens with zero attached hydrogens (tertiary/aromatic N) is 3. The monoisotopic (exact) mass is 359 g/mol. The van der Waals surface area contributed by atoms with Crippen LogP contribution in [0.4, 0.5) is 0 Å². The highest BCUT2D eigenvalue weighted by Gasteiger charge is 2.17. The van der Waals surface area contributed by atoms with Crippen LogP contribution in [0.5, 0.6) is 0 Å². The number of carbonyl (C=O) groups is 2. The summed E-state index contributed by atoms with van der Waals surface area (Å²) >= 11 is 0. The van der Waals surface area contributed by atoms with E-state index in [9.17, 15) is 9.59 Å². The number of hydrogen-bond acceptors (Lipinski definition) is 5. The first kappa shape index (κ1) is 19.7. The fraction of sp³-hybridized carbons (Fsp3) is 0.421. The summed E-state index contributed by atoms with van der Waals surface area (Å²) in [4.78, 5) is 26.0. The van der Waals surface area contributed by atoms with Crippen molar-refractivity contribution in [3.05, 3.63) is 47.3 Å². The number of benzene rings is 1. The van der Waals surface area contributed by atoms with Crippen molar-refractivity contribution in [3.8, 4) is 5.69 Å². The number of amides is 1. The van der Waals surface area contributed by atoms with Crippen LogP contribution in [0.1, 0.15) is 39.8 Å². The van der Waals surface area contributed by atoms with Gasteiger partial charge in [-0.1, -0.05) is 0 Å². The predicted octanol–water partition coefficient (Wildman–Crippen LogP) is 2.47. The van der Waals surface area contributed by atoms with E-state index in [4.69, 9.17) is 9.47 Å². The van der Waals surface area contributed by atoms with Gasteiger partial charge in [0, 0.05) is 32.9 Å². The normalized spacial score (nSPS) is 10.6. The van der Waals surface area contributed by atoms with Gasteiger partial charge in [0.05, 0.1) is 24.2 Å². The molecule has 2 rings (SSSR count). The van der Waals surface area contributed by atoms with Gasteiger partial charge in [0.15, 0.2) is 0 Å². The Hall–Kier alpha value is -2.67. The zero-order valence-electron chi connectivity index (χ0n) is 15.7. The number of carbonyl (C=O) groups excluding carboxylic acids is 2. The SMILES string of the molecule is CCOC(=O)c1cnn(-c2ccc(C(=O)N(C)CCCOC)cc2)c1C. The molecule has 2 aromatic rings. The number of aromatic nitrogens is 2. The lowest BCUT2D eigenvalue weighted by atomic mass is 10.1. The largest absolute Gasteiger partial charge is 0.462 e. The van der Waals surface area contributed by atoms with Crippen LogP contribution in [0.3, 0.4) is 0 Å². The van der Waals surface area contributed by atoms with E-state index in [1.165, 1.54) is 6.20 Å². The molecule has 0 unspecified atom stereocenters. The van der Waals surface area contributed by atoms with Crippen LogP contribution in [0.15, 0.2) is 30.5 Å². The van der Waals surface area contributed by atoms with E-state index in [2.05, 4.69) is 5.10 Å². The van der Waals surface area contributed by atoms with Gasteiger partial charge in [0.25, 0.3) is 5.91 Å². The number of ether oxygens (including phenoxy) is 2. The molecular weight excluding hydrogens is 334 g/mol. The number of hydrogen-bond donors (Lipinski definition) is 0. The van der Waals surface area contributed by atoms with Gasteiger partial charge < -0.3 is 14.4 Å². The lowest BCUT2D eigenvalue weighted by Gasteiger charge is -2.17. The van der Waals surface area contributed by atoms with Gasteiger partial charge >= 0.3 is 5.97 Å². The van der Waals surface area contributed by atoms with Gasteiger partial charge in [0.1, 0.15) is 5.56 Å². The third-order valence-corrected chi connectivity index (χ3v) is 4.05. The fourth-order valence-electron chi connectivity index (χ4n) is 2.59. The molecular formula is C19H25N3O4. The summed E-state index contributed by atoms with van der Waals surface area (Å²) in [7, 11) is 3.42. The van der Waals surface area contributed by atoms with Crippen molar-refractivity contribution in [3.63, 3.8) is 0 Å². The summed E-state index contributed by atoms with van der Waals surface area (Å²) < 4.78 is 11.7. The first-order valence-corrected chi connectivity index (χ1v) is 8.56. The highest BCUT2D eigenvalue weighted by atomic mass is 16.5. The Labute approximate surface area is 153 Å². The van der Waals surface area contributed by atoms with Crippen molar-refractivity contribution >= 4 is 11.9 Å². The third-order valence-electron chi connectivity index (χ3n) is 4.05. The molecule has 0 bridgehead atoms. The van der Waals surface area contributed by atoms with E-state index in [0.29, 0.717) is 36.6 Å². The minimum Gasteiger partial charge on any atom is -0.462 e. The second kappa shape index (κ2) is 9.15. The summed E-state index contributed by atoms with van der Waals surface area (Å²) in [5.41, 5.74) is 2.50. The van der Waals surface area contributed by atoms with Gasteiger partial charge in [0.2, 0.25) is 0 Å². The van der Waals surface area contributed by atoms with Crippen LogP contribution in [-0.4, -0.2) is 60.5 Å². The highest BCUT2D eigenvalue weighted by molar-refractivity contribution is 5.94. The van der Waals surface area contributed by atoms with E-state index >= 15 is 0 Å². The maximum absolute atomic E-state index is 12.4. The first-order chi connectivity index (χ1) is 12.5. The van der Waals surface area contributed by atoms with Crippen molar-refractivity contribution < 1.29 is 19.1 Å². The molecule has 1 heterocycles. The van der Waals surface area contributed by atoms with Crippen molar-refractivity contribution in [2.24, 2.45) is 0 Å². The molecule has 0 atom stereocenters. The van der Waals surface area contributed by atoms with Crippen molar-refractivity contribution in [1.29, 1.82) is 0 Å². The molecule has 0 saturated carbocycles. The molecule has 0 aliphatic heterocycles. The van der Waals surface area contributed by atoms with Gasteiger partial charge in [-0.15, -0.1) is 0 Å². The number of esters is 1. The average molecular weight is 359 g/mol. The van der Waals surface area contributed by atoms with Gasteiger partial charge in [-0.2, -0.15) is 5.10 Å². The molecule has 0 saturated heterocycles. The summed E-state index contributed by atoms with van der Waals surface area (Å²) in [5, 5.41) is 4.26. The second-order valence-electron chi connectivity index (χ2n) is 5.90. The van der Waals surface area contributed by atoms with E-state index in [1.807, 2.05) is 19.1 Å². The van der Waals surface area contributed by atoms with Crippen LogP contribution in [-0.2, 0) is 9.47 Å². The summed E-state index contributed by atoms with van der Waals surface area (Å²) in [6.07, 6.45) is 2.29. The maximum atomic E-state index is 12.4. The van der Waals surface area contributed by atoms with Crippen molar-refractivity contribution in [2.45, 2.75) is 20.3 Å². The van der Waals surface area contributed by atoms with Gasteiger partial charge in [-0.05, 0) is 44.5 Å². The Morgan fingerprint density at radius 3 is 2.54 bits per heavy atom. The zero-order chi connectivity index (χ0) is 19.1. The topological polar surface area (TPSA) is 73.7 Å². The molecule has 7 heteroatoms. The van der Waals surface area contributed by atoms with E-state index in [-0.39, 0.29) is 11.9 Å². The molecule has 0 aliphatic carbocycles. The van der Waals surface area contributed by atoms with Crippen LogP contribution in [0, 0.1) is 6.92 Å². The highest BCUT2D eigenvalue weighted by Crippen LogP contribution is 2.16. The lowest BCUT2D eigenvalue weighted by Crippen LogP contribution is -2.28. The van der Waals surface area contributed by atoms with E-state index < -0.39 is 0 Å². The Bertz CT molecular complexity index is 753. The summed E-state index contributed by atoms with van der Waals surface area (Å²) in [6.45, 7) is 5.15. The van der Waals surface area contributed by atoms with Gasteiger partial charge in [-0.3, -0.25) is 4.79 Å². The number of methoxy groups -OCH3 is 1. The summed E-state index contributed by atoms with van der Waals surface area (Å²) in [5.74, 6) is -0.433. The third kappa shape index (κ3) is 4.49. The number of rotatable bonds is 8. The van der Waals surface area contributed by atoms with Crippen LogP contribution in [0.2, 0.25) is 0 Å². The molecule has 1 aromatic carbocycles. The van der Waals surface area contributed by atoms with Crippen molar-refractivity contribution in [1.82, 2.24) is 14.7 Å². The average Bonchev–Trinajstić information content (AvgIpc) is 3.03. The quantitative estimate of drug-likeness (QED) is 0.535. The molecule has 0 fully saturated rings. The molecule has 0 radical (unpaired) electrons. The van der Waals surface area contributed by atoms with E-state index in [1.54, 1.807) is 42.8 Å². The Balaban J connectivity index is 2.12. The van der Waals surface area contributed by atoms with Crippen LogP contribution < -0.4 is 0 Å². The molecule has 1 amide bonds. The molecule has 0 N–H and O–H groups in total. The summed E-state index contributed by atoms with van der Waals surface area (Å²) in [6, 6.07) is 7.14. The van der Waals surface area contributed by atoms with Crippen LogP contribution in [0.25, 0.3) is 5.69 Å². The van der Waals surface area contributed by atoms with Crippen molar-refractivity contribution in [2.75, 3.05) is 33.9 Å². The molecule has 0 spiro atoms. The molecule has 7 nitrogen and oxygen atoms in total. The van der Waals surface area contributed by atoms with Crippen LogP contribution >= 0.6 is 0 Å². The minimum atomic E-state index is -0.388. The maximum Gasteiger partial charge on any atom is 0.341 e. The second-order valence-corrected chi connectivity index (χ2v) is 5.90. The molecule has 1 aromatic heterocycles.